The second kappa shape index (κ2) is 12.9. The molecular weight excluding hydrogens is 524 g/mol. The van der Waals surface area contributed by atoms with Crippen molar-refractivity contribution in [1.29, 1.82) is 0 Å². The van der Waals surface area contributed by atoms with Crippen molar-refractivity contribution in [2.45, 2.75) is 51.4 Å². The molecule has 2 aromatic heterocycles. The molecule has 0 bridgehead atoms. The molecule has 3 aromatic rings. The number of rotatable bonds is 14. The summed E-state index contributed by atoms with van der Waals surface area (Å²) in [5.41, 5.74) is 7.51. The average Bonchev–Trinajstić information content (AvgIpc) is 3.36. The Kier molecular flexibility index (Phi) is 9.09. The van der Waals surface area contributed by atoms with Crippen molar-refractivity contribution in [3.63, 3.8) is 0 Å². The van der Waals surface area contributed by atoms with Crippen molar-refractivity contribution in [2.24, 2.45) is 10.9 Å². The fourth-order valence-corrected chi connectivity index (χ4v) is 5.44. The lowest BCUT2D eigenvalue weighted by Crippen LogP contribution is -2.44. The molecule has 11 heteroatoms. The second-order valence-corrected chi connectivity index (χ2v) is 10.4. The van der Waals surface area contributed by atoms with E-state index in [-0.39, 0.29) is 25.1 Å². The molecule has 1 atom stereocenters. The summed E-state index contributed by atoms with van der Waals surface area (Å²) < 4.78 is 6.80. The average molecular weight is 563 g/mol. The zero-order valence-electron chi connectivity index (χ0n) is 23.4. The highest BCUT2D eigenvalue weighted by Gasteiger charge is 2.45. The molecule has 0 radical (unpaired) electrons. The number of nitrogens with one attached hydrogen (secondary N) is 2. The van der Waals surface area contributed by atoms with Crippen LogP contribution in [-0.2, 0) is 33.1 Å². The standard InChI is InChI=1S/C30H38N6O5/c1-2-30(39)24-16-26-27-22(18-36(26)28(37)23(24)19-40-29(30)38)21(20-8-3-4-9-25(20)35-27)17-34-41-15-14-33-12-6-5-11-32-13-7-10-31/h3-4,8-9,16-17,32-33,39H,2,5-7,10-15,18-19,31H2,1H3/b34-17-/t30-/m0/s1. The Balaban J connectivity index is 1.31. The Hall–Kier alpha value is -3.64. The maximum atomic E-state index is 13.5. The first-order chi connectivity index (χ1) is 20.0. The van der Waals surface area contributed by atoms with Gasteiger partial charge >= 0.3 is 5.97 Å². The first-order valence-corrected chi connectivity index (χ1v) is 14.3. The number of aromatic nitrogens is 2. The fourth-order valence-electron chi connectivity index (χ4n) is 5.44. The van der Waals surface area contributed by atoms with Crippen LogP contribution in [0.4, 0.5) is 0 Å². The third-order valence-corrected chi connectivity index (χ3v) is 7.78. The Morgan fingerprint density at radius 3 is 2.68 bits per heavy atom. The summed E-state index contributed by atoms with van der Waals surface area (Å²) in [6.07, 6.45) is 4.96. The number of para-hydroxylation sites is 1. The lowest BCUT2D eigenvalue weighted by Gasteiger charge is -2.31. The second-order valence-electron chi connectivity index (χ2n) is 10.4. The summed E-state index contributed by atoms with van der Waals surface area (Å²) in [7, 11) is 0. The van der Waals surface area contributed by atoms with E-state index < -0.39 is 11.6 Å². The molecule has 2 aliphatic heterocycles. The van der Waals surface area contributed by atoms with Gasteiger partial charge in [0.15, 0.2) is 5.60 Å². The van der Waals surface area contributed by atoms with Crippen LogP contribution in [0.25, 0.3) is 22.3 Å². The van der Waals surface area contributed by atoms with Crippen LogP contribution in [0.2, 0.25) is 0 Å². The van der Waals surface area contributed by atoms with E-state index >= 15 is 0 Å². The number of cyclic esters (lactones) is 1. The van der Waals surface area contributed by atoms with Crippen LogP contribution in [0, 0.1) is 0 Å². The van der Waals surface area contributed by atoms with E-state index in [1.54, 1.807) is 23.8 Å². The summed E-state index contributed by atoms with van der Waals surface area (Å²) in [4.78, 5) is 36.4. The number of carbonyl (C=O) groups excluding carboxylic acids is 1. The molecule has 0 amide bonds. The van der Waals surface area contributed by atoms with Gasteiger partial charge in [-0.2, -0.15) is 0 Å². The van der Waals surface area contributed by atoms with Crippen LogP contribution >= 0.6 is 0 Å². The van der Waals surface area contributed by atoms with Gasteiger partial charge in [-0.05, 0) is 64.0 Å². The lowest BCUT2D eigenvalue weighted by atomic mass is 9.86. The molecule has 4 heterocycles. The normalized spacial score (nSPS) is 17.5. The number of fused-ring (bicyclic) bond motifs is 5. The van der Waals surface area contributed by atoms with E-state index in [1.807, 2.05) is 24.3 Å². The van der Waals surface area contributed by atoms with Crippen LogP contribution in [-0.4, -0.2) is 66.2 Å². The van der Waals surface area contributed by atoms with Crippen molar-refractivity contribution >= 4 is 23.1 Å². The van der Waals surface area contributed by atoms with E-state index in [1.165, 1.54) is 0 Å². The monoisotopic (exact) mass is 562 g/mol. The summed E-state index contributed by atoms with van der Waals surface area (Å²) in [5, 5.41) is 23.0. The smallest absolute Gasteiger partial charge is 0.343 e. The number of pyridine rings is 2. The number of oxime groups is 1. The Morgan fingerprint density at radius 2 is 1.90 bits per heavy atom. The largest absolute Gasteiger partial charge is 0.458 e. The fraction of sp³-hybridized carbons (Fsp3) is 0.467. The van der Waals surface area contributed by atoms with Crippen LogP contribution in [0.3, 0.4) is 0 Å². The van der Waals surface area contributed by atoms with Crippen molar-refractivity contribution in [3.8, 4) is 11.4 Å². The zero-order valence-corrected chi connectivity index (χ0v) is 23.4. The molecule has 41 heavy (non-hydrogen) atoms. The number of benzene rings is 1. The third kappa shape index (κ3) is 5.76. The molecule has 0 fully saturated rings. The van der Waals surface area contributed by atoms with Gasteiger partial charge in [-0.1, -0.05) is 30.3 Å². The molecule has 0 spiro atoms. The van der Waals surface area contributed by atoms with Crippen molar-refractivity contribution in [2.75, 3.05) is 39.3 Å². The summed E-state index contributed by atoms with van der Waals surface area (Å²) in [6, 6.07) is 9.43. The molecular formula is C30H38N6O5. The Morgan fingerprint density at radius 1 is 1.15 bits per heavy atom. The number of nitrogens with two attached hydrogens (primary N) is 1. The molecule has 0 saturated heterocycles. The van der Waals surface area contributed by atoms with Crippen molar-refractivity contribution < 1.29 is 19.5 Å². The van der Waals surface area contributed by atoms with Crippen LogP contribution in [0.1, 0.15) is 54.9 Å². The highest BCUT2D eigenvalue weighted by atomic mass is 16.6. The van der Waals surface area contributed by atoms with Gasteiger partial charge in [-0.15, -0.1) is 0 Å². The maximum Gasteiger partial charge on any atom is 0.343 e. The van der Waals surface area contributed by atoms with Crippen LogP contribution in [0.15, 0.2) is 40.3 Å². The Bertz CT molecular complexity index is 1500. The SMILES string of the molecule is CC[C@@]1(O)C(=O)OCc2c1cc1n(c2=O)Cc2c-1nc1ccccc1c2/C=N\OCCNCCCCNCCCN. The van der Waals surface area contributed by atoms with Gasteiger partial charge in [-0.25, -0.2) is 9.78 Å². The van der Waals surface area contributed by atoms with Gasteiger partial charge in [0.1, 0.15) is 13.2 Å². The van der Waals surface area contributed by atoms with Gasteiger partial charge < -0.3 is 35.6 Å². The van der Waals surface area contributed by atoms with Crippen molar-refractivity contribution in [3.05, 3.63) is 62.9 Å². The van der Waals surface area contributed by atoms with E-state index in [2.05, 4.69) is 15.8 Å². The molecule has 0 aliphatic carbocycles. The van der Waals surface area contributed by atoms with Gasteiger partial charge in [0, 0.05) is 28.6 Å². The summed E-state index contributed by atoms with van der Waals surface area (Å²) in [6.45, 7) is 6.51. The molecule has 0 saturated carbocycles. The predicted octanol–water partition coefficient (Wildman–Crippen LogP) is 1.74. The number of nitrogens with zero attached hydrogens (tertiary/aromatic N) is 3. The molecule has 5 N–H and O–H groups in total. The van der Waals surface area contributed by atoms with Crippen LogP contribution in [0.5, 0.6) is 0 Å². The summed E-state index contributed by atoms with van der Waals surface area (Å²) in [5.74, 6) is -0.740. The zero-order chi connectivity index (χ0) is 28.8. The first-order valence-electron chi connectivity index (χ1n) is 14.3. The third-order valence-electron chi connectivity index (χ3n) is 7.78. The Labute approximate surface area is 238 Å². The predicted molar refractivity (Wildman–Crippen MR) is 157 cm³/mol. The van der Waals surface area contributed by atoms with Gasteiger partial charge in [0.05, 0.1) is 35.2 Å². The van der Waals surface area contributed by atoms with E-state index in [4.69, 9.17) is 20.3 Å². The molecule has 5 rings (SSSR count). The summed E-state index contributed by atoms with van der Waals surface area (Å²) >= 11 is 0. The maximum absolute atomic E-state index is 13.5. The number of carbonyl (C=O) groups is 1. The number of esters is 1. The minimum Gasteiger partial charge on any atom is -0.458 e. The van der Waals surface area contributed by atoms with Gasteiger partial charge in [0.25, 0.3) is 5.56 Å². The number of hydrogen-bond donors (Lipinski definition) is 4. The van der Waals surface area contributed by atoms with Crippen LogP contribution < -0.4 is 21.9 Å². The lowest BCUT2D eigenvalue weighted by molar-refractivity contribution is -0.172. The number of hydrogen-bond acceptors (Lipinski definition) is 10. The number of unbranched alkanes of at least 4 members (excludes halogenated alkanes) is 1. The molecule has 2 aliphatic rings. The molecule has 1 aromatic carbocycles. The van der Waals surface area contributed by atoms with E-state index in [9.17, 15) is 14.7 Å². The topological polar surface area (TPSA) is 153 Å². The van der Waals surface area contributed by atoms with Gasteiger partial charge in [-0.3, -0.25) is 4.79 Å². The quantitative estimate of drug-likeness (QED) is 0.0779. The number of ether oxygens (including phenoxy) is 1. The highest BCUT2D eigenvalue weighted by Crippen LogP contribution is 2.39. The first kappa shape index (κ1) is 28.9. The number of aliphatic hydroxyl groups is 1. The highest BCUT2D eigenvalue weighted by molar-refractivity contribution is 6.02. The molecule has 0 unspecified atom stereocenters. The van der Waals surface area contributed by atoms with E-state index in [0.717, 1.165) is 67.5 Å². The minimum absolute atomic E-state index is 0.0935. The van der Waals surface area contributed by atoms with Gasteiger partial charge in [0.2, 0.25) is 0 Å². The van der Waals surface area contributed by atoms with Crippen molar-refractivity contribution in [1.82, 2.24) is 20.2 Å². The minimum atomic E-state index is -1.87. The molecule has 11 nitrogen and oxygen atoms in total. The molecule has 218 valence electrons. The van der Waals surface area contributed by atoms with E-state index in [0.29, 0.717) is 35.7 Å².